The molecule has 88 valence electrons. The van der Waals surface area contributed by atoms with Crippen LogP contribution in [0.4, 0.5) is 0 Å². The van der Waals surface area contributed by atoms with Crippen molar-refractivity contribution in [2.75, 3.05) is 6.54 Å². The SMILES string of the molecule is CC1CCCC(NCC(C)(C)C(=O)O)C1. The Kier molecular flexibility index (Phi) is 4.14. The fraction of sp³-hybridized carbons (Fsp3) is 0.917. The second-order valence-corrected chi connectivity index (χ2v) is 5.54. The third-order valence-electron chi connectivity index (χ3n) is 3.35. The van der Waals surface area contributed by atoms with Gasteiger partial charge in [-0.3, -0.25) is 4.79 Å². The highest BCUT2D eigenvalue weighted by molar-refractivity contribution is 5.73. The van der Waals surface area contributed by atoms with Crippen molar-refractivity contribution in [2.45, 2.75) is 52.5 Å². The molecule has 2 atom stereocenters. The van der Waals surface area contributed by atoms with Crippen LogP contribution in [-0.4, -0.2) is 23.7 Å². The van der Waals surface area contributed by atoms with Crippen LogP contribution in [0.1, 0.15) is 46.5 Å². The maximum Gasteiger partial charge on any atom is 0.310 e. The molecule has 0 heterocycles. The molecule has 3 heteroatoms. The summed E-state index contributed by atoms with van der Waals surface area (Å²) in [4.78, 5) is 10.9. The zero-order valence-corrected chi connectivity index (χ0v) is 10.0. The van der Waals surface area contributed by atoms with Crippen molar-refractivity contribution in [1.82, 2.24) is 5.32 Å². The first-order chi connectivity index (χ1) is 6.92. The molecular formula is C12H23NO2. The van der Waals surface area contributed by atoms with Crippen molar-refractivity contribution in [3.63, 3.8) is 0 Å². The second kappa shape index (κ2) is 4.97. The largest absolute Gasteiger partial charge is 0.481 e. The van der Waals surface area contributed by atoms with E-state index in [0.717, 1.165) is 5.92 Å². The molecule has 1 fully saturated rings. The topological polar surface area (TPSA) is 49.3 Å². The number of carboxylic acids is 1. The van der Waals surface area contributed by atoms with Crippen molar-refractivity contribution in [3.8, 4) is 0 Å². The van der Waals surface area contributed by atoms with Crippen molar-refractivity contribution in [3.05, 3.63) is 0 Å². The van der Waals surface area contributed by atoms with Crippen molar-refractivity contribution in [1.29, 1.82) is 0 Å². The number of carboxylic acid groups (broad SMARTS) is 1. The minimum Gasteiger partial charge on any atom is -0.481 e. The van der Waals surface area contributed by atoms with Crippen LogP contribution >= 0.6 is 0 Å². The lowest BCUT2D eigenvalue weighted by Crippen LogP contribution is -2.42. The van der Waals surface area contributed by atoms with Crippen molar-refractivity contribution < 1.29 is 9.90 Å². The third kappa shape index (κ3) is 3.82. The molecule has 1 saturated carbocycles. The molecule has 0 aromatic heterocycles. The van der Waals surface area contributed by atoms with Gasteiger partial charge in [0.25, 0.3) is 0 Å². The Hall–Kier alpha value is -0.570. The van der Waals surface area contributed by atoms with Gasteiger partial charge in [-0.2, -0.15) is 0 Å². The van der Waals surface area contributed by atoms with Crippen LogP contribution in [0.5, 0.6) is 0 Å². The summed E-state index contributed by atoms with van der Waals surface area (Å²) in [7, 11) is 0. The summed E-state index contributed by atoms with van der Waals surface area (Å²) in [5.74, 6) is 0.0584. The number of hydrogen-bond acceptors (Lipinski definition) is 2. The first kappa shape index (κ1) is 12.5. The number of rotatable bonds is 4. The number of carbonyl (C=O) groups is 1. The van der Waals surface area contributed by atoms with Gasteiger partial charge in [-0.25, -0.2) is 0 Å². The van der Waals surface area contributed by atoms with E-state index in [1.165, 1.54) is 25.7 Å². The number of nitrogens with one attached hydrogen (secondary N) is 1. The first-order valence-electron chi connectivity index (χ1n) is 5.88. The van der Waals surface area contributed by atoms with Gasteiger partial charge in [-0.05, 0) is 32.6 Å². The second-order valence-electron chi connectivity index (χ2n) is 5.54. The van der Waals surface area contributed by atoms with E-state index < -0.39 is 11.4 Å². The van der Waals surface area contributed by atoms with Gasteiger partial charge >= 0.3 is 5.97 Å². The molecule has 1 aliphatic carbocycles. The minimum atomic E-state index is -0.723. The molecule has 0 radical (unpaired) electrons. The summed E-state index contributed by atoms with van der Waals surface area (Å²) in [5.41, 5.74) is -0.652. The van der Waals surface area contributed by atoms with E-state index in [9.17, 15) is 4.79 Å². The van der Waals surface area contributed by atoms with E-state index in [1.807, 2.05) is 0 Å². The highest BCUT2D eigenvalue weighted by Gasteiger charge is 2.28. The van der Waals surface area contributed by atoms with Crippen LogP contribution in [0.2, 0.25) is 0 Å². The molecular weight excluding hydrogens is 190 g/mol. The van der Waals surface area contributed by atoms with E-state index in [0.29, 0.717) is 12.6 Å². The van der Waals surface area contributed by atoms with E-state index in [4.69, 9.17) is 5.11 Å². The highest BCUT2D eigenvalue weighted by atomic mass is 16.4. The average molecular weight is 213 g/mol. The van der Waals surface area contributed by atoms with Gasteiger partial charge in [-0.15, -0.1) is 0 Å². The summed E-state index contributed by atoms with van der Waals surface area (Å²) in [5, 5.41) is 12.4. The smallest absolute Gasteiger partial charge is 0.310 e. The van der Waals surface area contributed by atoms with Gasteiger partial charge in [0.1, 0.15) is 0 Å². The summed E-state index contributed by atoms with van der Waals surface area (Å²) < 4.78 is 0. The van der Waals surface area contributed by atoms with Gasteiger partial charge in [-0.1, -0.05) is 19.8 Å². The monoisotopic (exact) mass is 213 g/mol. The predicted molar refractivity (Wildman–Crippen MR) is 60.8 cm³/mol. The molecule has 0 aromatic carbocycles. The van der Waals surface area contributed by atoms with Crippen LogP contribution in [0, 0.1) is 11.3 Å². The maximum absolute atomic E-state index is 10.9. The van der Waals surface area contributed by atoms with E-state index in [-0.39, 0.29) is 0 Å². The molecule has 0 amide bonds. The lowest BCUT2D eigenvalue weighted by Gasteiger charge is -2.30. The Bertz CT molecular complexity index is 226. The van der Waals surface area contributed by atoms with Crippen LogP contribution in [-0.2, 0) is 4.79 Å². The summed E-state index contributed by atoms with van der Waals surface area (Å²) in [6.45, 7) is 6.39. The summed E-state index contributed by atoms with van der Waals surface area (Å²) >= 11 is 0. The minimum absolute atomic E-state index is 0.521. The zero-order valence-electron chi connectivity index (χ0n) is 10.0. The first-order valence-corrected chi connectivity index (χ1v) is 5.88. The molecule has 0 aliphatic heterocycles. The Morgan fingerprint density at radius 3 is 2.67 bits per heavy atom. The molecule has 2 N–H and O–H groups in total. The Morgan fingerprint density at radius 1 is 1.47 bits per heavy atom. The fourth-order valence-electron chi connectivity index (χ4n) is 2.09. The van der Waals surface area contributed by atoms with Crippen LogP contribution in [0.25, 0.3) is 0 Å². The van der Waals surface area contributed by atoms with Crippen LogP contribution in [0.15, 0.2) is 0 Å². The average Bonchev–Trinajstić information content (AvgIpc) is 2.15. The zero-order chi connectivity index (χ0) is 11.5. The van der Waals surface area contributed by atoms with Gasteiger partial charge in [0.05, 0.1) is 5.41 Å². The van der Waals surface area contributed by atoms with E-state index in [1.54, 1.807) is 13.8 Å². The molecule has 3 nitrogen and oxygen atoms in total. The predicted octanol–water partition coefficient (Wildman–Crippen LogP) is 2.27. The van der Waals surface area contributed by atoms with Gasteiger partial charge in [0, 0.05) is 12.6 Å². The molecule has 1 rings (SSSR count). The van der Waals surface area contributed by atoms with E-state index in [2.05, 4.69) is 12.2 Å². The fourth-order valence-corrected chi connectivity index (χ4v) is 2.09. The van der Waals surface area contributed by atoms with Crippen LogP contribution < -0.4 is 5.32 Å². The molecule has 0 aromatic rings. The molecule has 2 unspecified atom stereocenters. The number of aliphatic carboxylic acids is 1. The summed E-state index contributed by atoms with van der Waals surface area (Å²) in [6.07, 6.45) is 4.97. The van der Waals surface area contributed by atoms with Gasteiger partial charge in [0.2, 0.25) is 0 Å². The summed E-state index contributed by atoms with van der Waals surface area (Å²) in [6, 6.07) is 0.521. The Balaban J connectivity index is 2.33. The molecule has 0 saturated heterocycles. The Morgan fingerprint density at radius 2 is 2.13 bits per heavy atom. The third-order valence-corrected chi connectivity index (χ3v) is 3.35. The quantitative estimate of drug-likeness (QED) is 0.753. The lowest BCUT2D eigenvalue weighted by molar-refractivity contribution is -0.146. The van der Waals surface area contributed by atoms with Gasteiger partial charge < -0.3 is 10.4 Å². The Labute approximate surface area is 92.3 Å². The van der Waals surface area contributed by atoms with Gasteiger partial charge in [0.15, 0.2) is 0 Å². The van der Waals surface area contributed by atoms with Crippen molar-refractivity contribution >= 4 is 5.97 Å². The molecule has 15 heavy (non-hydrogen) atoms. The maximum atomic E-state index is 10.9. The van der Waals surface area contributed by atoms with Crippen LogP contribution in [0.3, 0.4) is 0 Å². The molecule has 0 bridgehead atoms. The molecule has 1 aliphatic rings. The van der Waals surface area contributed by atoms with Crippen molar-refractivity contribution in [2.24, 2.45) is 11.3 Å². The molecule has 0 spiro atoms. The standard InChI is InChI=1S/C12H23NO2/c1-9-5-4-6-10(7-9)13-8-12(2,3)11(14)15/h9-10,13H,4-8H2,1-3H3,(H,14,15). The van der Waals surface area contributed by atoms with E-state index >= 15 is 0 Å². The number of hydrogen-bond donors (Lipinski definition) is 2. The highest BCUT2D eigenvalue weighted by Crippen LogP contribution is 2.24. The lowest BCUT2D eigenvalue weighted by atomic mass is 9.86. The normalized spacial score (nSPS) is 27.7.